The van der Waals surface area contributed by atoms with Gasteiger partial charge in [-0.3, -0.25) is 0 Å². The Morgan fingerprint density at radius 3 is 2.21 bits per heavy atom. The topological polar surface area (TPSA) is 54.4 Å². The Kier molecular flexibility index (Phi) is 3.69. The monoisotopic (exact) mass is 278 g/mol. The van der Waals surface area contributed by atoms with Crippen LogP contribution in [-0.4, -0.2) is 23.9 Å². The van der Waals surface area contributed by atoms with E-state index in [2.05, 4.69) is 15.9 Å². The molecule has 0 aliphatic rings. The van der Waals surface area contributed by atoms with E-state index in [1.807, 2.05) is 0 Å². The number of sulfone groups is 1. The predicted molar refractivity (Wildman–Crippen MR) is 59.0 cm³/mol. The zero-order valence-corrected chi connectivity index (χ0v) is 9.99. The van der Waals surface area contributed by atoms with Crippen molar-refractivity contribution >= 4 is 25.8 Å². The molecular weight excluding hydrogens is 268 g/mol. The summed E-state index contributed by atoms with van der Waals surface area (Å²) in [6.07, 6.45) is 0.0460. The Morgan fingerprint density at radius 1 is 1.29 bits per heavy atom. The van der Waals surface area contributed by atoms with Crippen LogP contribution >= 0.6 is 15.9 Å². The molecule has 0 aromatic heterocycles. The molecule has 0 amide bonds. The van der Waals surface area contributed by atoms with Gasteiger partial charge in [0.2, 0.25) is 0 Å². The maximum absolute atomic E-state index is 11.1. The van der Waals surface area contributed by atoms with E-state index in [0.717, 1.165) is 6.26 Å². The molecule has 78 valence electrons. The van der Waals surface area contributed by atoms with Crippen molar-refractivity contribution in [1.82, 2.24) is 0 Å². The molecule has 0 radical (unpaired) electrons. The average molecular weight is 279 g/mol. The maximum Gasteiger partial charge on any atom is 0.163 e. The first-order valence-corrected chi connectivity index (χ1v) is 6.86. The van der Waals surface area contributed by atoms with Crippen LogP contribution in [0.2, 0.25) is 0 Å². The fourth-order valence-electron chi connectivity index (χ4n) is 1.04. The van der Waals surface area contributed by atoms with Crippen LogP contribution in [0.1, 0.15) is 11.7 Å². The van der Waals surface area contributed by atoms with Crippen LogP contribution in [0, 0.1) is 0 Å². The molecule has 3 nitrogen and oxygen atoms in total. The van der Waals surface area contributed by atoms with Crippen molar-refractivity contribution in [2.45, 2.75) is 10.3 Å². The normalized spacial score (nSPS) is 16.2. The highest BCUT2D eigenvalue weighted by atomic mass is 79.9. The number of hydrogen-bond acceptors (Lipinski definition) is 3. The molecule has 0 aliphatic carbocycles. The highest BCUT2D eigenvalue weighted by molar-refractivity contribution is 9.11. The third-order valence-electron chi connectivity index (χ3n) is 1.80. The zero-order valence-electron chi connectivity index (χ0n) is 7.59. The number of aliphatic hydroxyl groups is 1. The van der Waals surface area contributed by atoms with Gasteiger partial charge >= 0.3 is 0 Å². The minimum Gasteiger partial charge on any atom is -0.386 e. The Hall–Kier alpha value is -0.390. The van der Waals surface area contributed by atoms with E-state index in [9.17, 15) is 13.5 Å². The highest BCUT2D eigenvalue weighted by Gasteiger charge is 2.26. The molecular formula is C9H11BrO3S. The molecule has 14 heavy (non-hydrogen) atoms. The molecule has 5 heteroatoms. The molecule has 0 unspecified atom stereocenters. The molecule has 2 atom stereocenters. The predicted octanol–water partition coefficient (Wildman–Crippen LogP) is 1.49. The Bertz CT molecular complexity index is 388. The van der Waals surface area contributed by atoms with E-state index in [4.69, 9.17) is 0 Å². The fourth-order valence-corrected chi connectivity index (χ4v) is 1.97. The lowest BCUT2D eigenvalue weighted by atomic mass is 10.1. The number of benzene rings is 1. The summed E-state index contributed by atoms with van der Waals surface area (Å²) >= 11 is 2.96. The van der Waals surface area contributed by atoms with E-state index in [1.165, 1.54) is 0 Å². The van der Waals surface area contributed by atoms with Crippen molar-refractivity contribution in [1.29, 1.82) is 0 Å². The Balaban J connectivity index is 2.92. The van der Waals surface area contributed by atoms with Crippen LogP contribution in [0.25, 0.3) is 0 Å². The van der Waals surface area contributed by atoms with Crippen LogP contribution in [0.5, 0.6) is 0 Å². The minimum atomic E-state index is -3.28. The van der Waals surface area contributed by atoms with Crippen molar-refractivity contribution in [2.75, 3.05) is 6.26 Å². The molecule has 0 bridgehead atoms. The second-order valence-electron chi connectivity index (χ2n) is 3.04. The molecule has 0 saturated heterocycles. The standard InChI is InChI=1S/C9H11BrO3S/c1-14(12,13)9(10)8(11)7-5-3-2-4-6-7/h2-6,8-9,11H,1H3/t8-,9+/m0/s1. The molecule has 0 heterocycles. The van der Waals surface area contributed by atoms with Crippen LogP contribution in [0.3, 0.4) is 0 Å². The number of halogens is 1. The number of hydrogen-bond donors (Lipinski definition) is 1. The van der Waals surface area contributed by atoms with Gasteiger partial charge in [0.1, 0.15) is 10.3 Å². The second-order valence-corrected chi connectivity index (χ2v) is 6.80. The Labute approximate surface area is 91.8 Å². The van der Waals surface area contributed by atoms with E-state index < -0.39 is 20.1 Å². The third-order valence-corrected chi connectivity index (χ3v) is 5.41. The number of alkyl halides is 1. The van der Waals surface area contributed by atoms with Gasteiger partial charge in [0.15, 0.2) is 9.84 Å². The average Bonchev–Trinajstić information content (AvgIpc) is 2.15. The van der Waals surface area contributed by atoms with E-state index in [-0.39, 0.29) is 0 Å². The molecule has 1 N–H and O–H groups in total. The molecule has 1 aromatic rings. The summed E-state index contributed by atoms with van der Waals surface area (Å²) in [6, 6.07) is 8.68. The molecule has 0 spiro atoms. The summed E-state index contributed by atoms with van der Waals surface area (Å²) in [6.45, 7) is 0. The van der Waals surface area contributed by atoms with E-state index in [0.29, 0.717) is 5.56 Å². The molecule has 1 aromatic carbocycles. The lowest BCUT2D eigenvalue weighted by Gasteiger charge is -2.15. The minimum absolute atomic E-state index is 0.583. The highest BCUT2D eigenvalue weighted by Crippen LogP contribution is 2.25. The first-order chi connectivity index (χ1) is 6.43. The smallest absolute Gasteiger partial charge is 0.163 e. The zero-order chi connectivity index (χ0) is 10.8. The molecule has 0 saturated carbocycles. The Morgan fingerprint density at radius 2 is 1.79 bits per heavy atom. The summed E-state index contributed by atoms with van der Waals surface area (Å²) in [7, 11) is -3.28. The second kappa shape index (κ2) is 4.42. The first-order valence-electron chi connectivity index (χ1n) is 3.99. The van der Waals surface area contributed by atoms with Gasteiger partial charge < -0.3 is 5.11 Å². The quantitative estimate of drug-likeness (QED) is 0.853. The van der Waals surface area contributed by atoms with Crippen LogP contribution in [-0.2, 0) is 9.84 Å². The van der Waals surface area contributed by atoms with Gasteiger partial charge in [0.25, 0.3) is 0 Å². The van der Waals surface area contributed by atoms with Crippen LogP contribution in [0.15, 0.2) is 30.3 Å². The largest absolute Gasteiger partial charge is 0.386 e. The van der Waals surface area contributed by atoms with Gasteiger partial charge in [-0.05, 0) is 5.56 Å². The van der Waals surface area contributed by atoms with Crippen LogP contribution < -0.4 is 0 Å². The van der Waals surface area contributed by atoms with Gasteiger partial charge in [0, 0.05) is 6.26 Å². The summed E-state index contributed by atoms with van der Waals surface area (Å²) in [5.74, 6) is 0. The van der Waals surface area contributed by atoms with Crippen molar-refractivity contribution in [3.05, 3.63) is 35.9 Å². The first kappa shape index (κ1) is 11.7. The summed E-state index contributed by atoms with van der Waals surface area (Å²) in [5.41, 5.74) is 0.583. The molecule has 0 aliphatic heterocycles. The van der Waals surface area contributed by atoms with Gasteiger partial charge in [0.05, 0.1) is 0 Å². The molecule has 1 rings (SSSR count). The number of aliphatic hydroxyl groups excluding tert-OH is 1. The van der Waals surface area contributed by atoms with Crippen LogP contribution in [0.4, 0.5) is 0 Å². The SMILES string of the molecule is CS(=O)(=O)[C@@H](Br)[C@@H](O)c1ccccc1. The number of rotatable bonds is 3. The third kappa shape index (κ3) is 2.80. The van der Waals surface area contributed by atoms with Gasteiger partial charge in [-0.1, -0.05) is 46.3 Å². The van der Waals surface area contributed by atoms with E-state index >= 15 is 0 Å². The van der Waals surface area contributed by atoms with Gasteiger partial charge in [-0.25, -0.2) is 8.42 Å². The van der Waals surface area contributed by atoms with Crippen molar-refractivity contribution < 1.29 is 13.5 Å². The summed E-state index contributed by atoms with van der Waals surface area (Å²) in [4.78, 5) is 0. The molecule has 0 fully saturated rings. The maximum atomic E-state index is 11.1. The lowest BCUT2D eigenvalue weighted by Crippen LogP contribution is -2.21. The van der Waals surface area contributed by atoms with E-state index in [1.54, 1.807) is 30.3 Å². The fraction of sp³-hybridized carbons (Fsp3) is 0.333. The van der Waals surface area contributed by atoms with Gasteiger partial charge in [-0.15, -0.1) is 0 Å². The summed E-state index contributed by atoms with van der Waals surface area (Å²) < 4.78 is 21.3. The summed E-state index contributed by atoms with van der Waals surface area (Å²) in [5, 5.41) is 9.70. The van der Waals surface area contributed by atoms with Gasteiger partial charge in [-0.2, -0.15) is 0 Å². The van der Waals surface area contributed by atoms with Crippen molar-refractivity contribution in [3.8, 4) is 0 Å². The van der Waals surface area contributed by atoms with Crippen molar-refractivity contribution in [2.24, 2.45) is 0 Å². The van der Waals surface area contributed by atoms with Crippen molar-refractivity contribution in [3.63, 3.8) is 0 Å². The lowest BCUT2D eigenvalue weighted by molar-refractivity contribution is 0.195.